The summed E-state index contributed by atoms with van der Waals surface area (Å²) in [6, 6.07) is 1.62. The summed E-state index contributed by atoms with van der Waals surface area (Å²) < 4.78 is 6.77. The molecule has 17 heavy (non-hydrogen) atoms. The van der Waals surface area contributed by atoms with Crippen LogP contribution in [-0.2, 0) is 11.3 Å². The van der Waals surface area contributed by atoms with Gasteiger partial charge in [-0.05, 0) is 6.92 Å². The Kier molecular flexibility index (Phi) is 3.55. The second-order valence-electron chi connectivity index (χ2n) is 3.31. The van der Waals surface area contributed by atoms with Crippen molar-refractivity contribution < 1.29 is 4.74 Å². The minimum Gasteiger partial charge on any atom is -0.384 e. The topological polar surface area (TPSA) is 78.9 Å². The molecule has 0 aliphatic heterocycles. The lowest BCUT2D eigenvalue weighted by Gasteiger charge is -2.05. The van der Waals surface area contributed by atoms with Gasteiger partial charge in [-0.25, -0.2) is 14.6 Å². The van der Waals surface area contributed by atoms with Crippen molar-refractivity contribution in [1.29, 1.82) is 0 Å². The standard InChI is InChI=1S/C10H12ClN5O/c1-2-17-6-9-14-8(12)3-10(15-9)16-5-7(11)4-13-16/h3-5H,2,6H2,1H3,(H2,12,14,15). The SMILES string of the molecule is CCOCc1nc(N)cc(-n2cc(Cl)cn2)n1. The molecule has 2 aromatic heterocycles. The van der Waals surface area contributed by atoms with Crippen LogP contribution in [0.1, 0.15) is 12.7 Å². The van der Waals surface area contributed by atoms with Gasteiger partial charge in [-0.15, -0.1) is 0 Å². The number of nitrogens with two attached hydrogens (primary N) is 1. The van der Waals surface area contributed by atoms with Crippen molar-refractivity contribution >= 4 is 17.4 Å². The van der Waals surface area contributed by atoms with Crippen LogP contribution in [0.4, 0.5) is 5.82 Å². The van der Waals surface area contributed by atoms with E-state index in [1.165, 1.54) is 10.9 Å². The van der Waals surface area contributed by atoms with Crippen LogP contribution in [0.2, 0.25) is 5.02 Å². The summed E-state index contributed by atoms with van der Waals surface area (Å²) in [4.78, 5) is 8.35. The van der Waals surface area contributed by atoms with E-state index in [2.05, 4.69) is 15.1 Å². The molecule has 2 N–H and O–H groups in total. The maximum Gasteiger partial charge on any atom is 0.159 e. The third-order valence-corrected chi connectivity index (χ3v) is 2.20. The van der Waals surface area contributed by atoms with Crippen molar-refractivity contribution in [3.05, 3.63) is 29.3 Å². The highest BCUT2D eigenvalue weighted by atomic mass is 35.5. The van der Waals surface area contributed by atoms with E-state index in [0.717, 1.165) is 0 Å². The number of nitrogens with zero attached hydrogens (tertiary/aromatic N) is 4. The number of ether oxygens (including phenoxy) is 1. The van der Waals surface area contributed by atoms with Crippen LogP contribution in [-0.4, -0.2) is 26.4 Å². The predicted octanol–water partition coefficient (Wildman–Crippen LogP) is 1.43. The first-order valence-electron chi connectivity index (χ1n) is 5.10. The molecule has 0 amide bonds. The number of nitrogen functional groups attached to an aromatic ring is 1. The second-order valence-corrected chi connectivity index (χ2v) is 3.74. The summed E-state index contributed by atoms with van der Waals surface area (Å²) in [7, 11) is 0. The Morgan fingerprint density at radius 3 is 2.94 bits per heavy atom. The van der Waals surface area contributed by atoms with E-state index in [1.807, 2.05) is 6.92 Å². The second kappa shape index (κ2) is 5.11. The van der Waals surface area contributed by atoms with Crippen LogP contribution in [0.3, 0.4) is 0 Å². The van der Waals surface area contributed by atoms with E-state index >= 15 is 0 Å². The van der Waals surface area contributed by atoms with E-state index in [-0.39, 0.29) is 0 Å². The molecule has 0 saturated heterocycles. The first-order valence-corrected chi connectivity index (χ1v) is 5.48. The van der Waals surface area contributed by atoms with Gasteiger partial charge in [0.2, 0.25) is 0 Å². The van der Waals surface area contributed by atoms with Crippen LogP contribution in [0.15, 0.2) is 18.5 Å². The lowest BCUT2D eigenvalue weighted by Crippen LogP contribution is -2.07. The largest absolute Gasteiger partial charge is 0.384 e. The molecule has 0 aliphatic rings. The van der Waals surface area contributed by atoms with Crippen LogP contribution < -0.4 is 5.73 Å². The summed E-state index contributed by atoms with van der Waals surface area (Å²) in [5.74, 6) is 1.46. The molecule has 0 radical (unpaired) electrons. The number of anilines is 1. The molecule has 2 rings (SSSR count). The molecule has 90 valence electrons. The Balaban J connectivity index is 2.31. The van der Waals surface area contributed by atoms with Crippen molar-refractivity contribution in [2.45, 2.75) is 13.5 Å². The van der Waals surface area contributed by atoms with Gasteiger partial charge < -0.3 is 10.5 Å². The molecule has 0 bridgehead atoms. The Bertz CT molecular complexity index is 513. The summed E-state index contributed by atoms with van der Waals surface area (Å²) in [5, 5.41) is 4.58. The molecule has 0 saturated carbocycles. The van der Waals surface area contributed by atoms with Gasteiger partial charge in [0.05, 0.1) is 17.4 Å². The molecule has 2 aromatic rings. The third kappa shape index (κ3) is 2.92. The van der Waals surface area contributed by atoms with Gasteiger partial charge in [-0.2, -0.15) is 5.10 Å². The number of aromatic nitrogens is 4. The fourth-order valence-corrected chi connectivity index (χ4v) is 1.44. The molecule has 6 nitrogen and oxygen atoms in total. The van der Waals surface area contributed by atoms with E-state index in [0.29, 0.717) is 35.7 Å². The first kappa shape index (κ1) is 11.8. The molecule has 0 fully saturated rings. The summed E-state index contributed by atoms with van der Waals surface area (Å²) in [5.41, 5.74) is 5.69. The van der Waals surface area contributed by atoms with Crippen LogP contribution in [0, 0.1) is 0 Å². The third-order valence-electron chi connectivity index (χ3n) is 2.00. The van der Waals surface area contributed by atoms with Crippen molar-refractivity contribution in [3.8, 4) is 5.82 Å². The maximum atomic E-state index is 5.79. The van der Waals surface area contributed by atoms with Gasteiger partial charge in [0.25, 0.3) is 0 Å². The zero-order valence-electron chi connectivity index (χ0n) is 9.30. The number of hydrogen-bond acceptors (Lipinski definition) is 5. The Morgan fingerprint density at radius 2 is 2.29 bits per heavy atom. The Morgan fingerprint density at radius 1 is 1.47 bits per heavy atom. The zero-order valence-corrected chi connectivity index (χ0v) is 10.1. The average Bonchev–Trinajstić information content (AvgIpc) is 2.72. The van der Waals surface area contributed by atoms with E-state index in [1.54, 1.807) is 12.3 Å². The minimum absolute atomic E-state index is 0.323. The smallest absolute Gasteiger partial charge is 0.159 e. The number of halogens is 1. The maximum absolute atomic E-state index is 5.79. The fraction of sp³-hybridized carbons (Fsp3) is 0.300. The molecule has 7 heteroatoms. The normalized spacial score (nSPS) is 10.7. The van der Waals surface area contributed by atoms with Gasteiger partial charge >= 0.3 is 0 Å². The molecule has 0 atom stereocenters. The van der Waals surface area contributed by atoms with Crippen molar-refractivity contribution in [2.24, 2.45) is 0 Å². The van der Waals surface area contributed by atoms with Crippen molar-refractivity contribution in [1.82, 2.24) is 19.7 Å². The van der Waals surface area contributed by atoms with E-state index in [9.17, 15) is 0 Å². The molecular weight excluding hydrogens is 242 g/mol. The highest BCUT2D eigenvalue weighted by Gasteiger charge is 2.06. The lowest BCUT2D eigenvalue weighted by molar-refractivity contribution is 0.128. The van der Waals surface area contributed by atoms with Crippen LogP contribution in [0.5, 0.6) is 0 Å². The van der Waals surface area contributed by atoms with Gasteiger partial charge in [-0.1, -0.05) is 11.6 Å². The van der Waals surface area contributed by atoms with Gasteiger partial charge in [0.1, 0.15) is 12.4 Å². The minimum atomic E-state index is 0.323. The van der Waals surface area contributed by atoms with E-state index < -0.39 is 0 Å². The van der Waals surface area contributed by atoms with E-state index in [4.69, 9.17) is 22.1 Å². The Labute approximate surface area is 103 Å². The van der Waals surface area contributed by atoms with Crippen LogP contribution in [0.25, 0.3) is 5.82 Å². The highest BCUT2D eigenvalue weighted by molar-refractivity contribution is 6.30. The molecule has 0 aromatic carbocycles. The van der Waals surface area contributed by atoms with Crippen molar-refractivity contribution in [3.63, 3.8) is 0 Å². The van der Waals surface area contributed by atoms with Gasteiger partial charge in [-0.3, -0.25) is 0 Å². The van der Waals surface area contributed by atoms with Crippen LogP contribution >= 0.6 is 11.6 Å². The highest BCUT2D eigenvalue weighted by Crippen LogP contribution is 2.12. The average molecular weight is 254 g/mol. The Hall–Kier alpha value is -1.66. The first-order chi connectivity index (χ1) is 8.19. The van der Waals surface area contributed by atoms with Crippen molar-refractivity contribution in [2.75, 3.05) is 12.3 Å². The van der Waals surface area contributed by atoms with Gasteiger partial charge in [0, 0.05) is 12.7 Å². The number of hydrogen-bond donors (Lipinski definition) is 1. The lowest BCUT2D eigenvalue weighted by atomic mass is 10.5. The number of rotatable bonds is 4. The monoisotopic (exact) mass is 253 g/mol. The molecule has 0 unspecified atom stereocenters. The molecule has 0 aliphatic carbocycles. The fourth-order valence-electron chi connectivity index (χ4n) is 1.30. The quantitative estimate of drug-likeness (QED) is 0.892. The molecule has 2 heterocycles. The summed E-state index contributed by atoms with van der Waals surface area (Å²) in [6.07, 6.45) is 3.18. The molecule has 0 spiro atoms. The predicted molar refractivity (Wildman–Crippen MR) is 63.9 cm³/mol. The molecular formula is C10H12ClN5O. The summed E-state index contributed by atoms with van der Waals surface area (Å²) in [6.45, 7) is 2.82. The summed E-state index contributed by atoms with van der Waals surface area (Å²) >= 11 is 5.79. The zero-order chi connectivity index (χ0) is 12.3. The van der Waals surface area contributed by atoms with Gasteiger partial charge in [0.15, 0.2) is 11.6 Å².